The minimum atomic E-state index is -0.134. The second-order valence-electron chi connectivity index (χ2n) is 7.24. The van der Waals surface area contributed by atoms with Gasteiger partial charge >= 0.3 is 0 Å². The highest BCUT2D eigenvalue weighted by molar-refractivity contribution is 5.97. The topological polar surface area (TPSA) is 60.7 Å². The maximum absolute atomic E-state index is 12.5. The number of nitrogens with one attached hydrogen (secondary N) is 1. The van der Waals surface area contributed by atoms with Gasteiger partial charge in [0.15, 0.2) is 0 Å². The van der Waals surface area contributed by atoms with Crippen LogP contribution in [0.15, 0.2) is 46.9 Å². The normalized spacial score (nSPS) is 11.6. The summed E-state index contributed by atoms with van der Waals surface area (Å²) in [5, 5.41) is 3.99. The predicted molar refractivity (Wildman–Crippen MR) is 120 cm³/mol. The van der Waals surface area contributed by atoms with Crippen molar-refractivity contribution in [3.8, 4) is 11.5 Å². The molecule has 0 saturated carbocycles. The predicted octanol–water partition coefficient (Wildman–Crippen LogP) is 5.22. The summed E-state index contributed by atoms with van der Waals surface area (Å²) in [7, 11) is 1.65. The Morgan fingerprint density at radius 2 is 1.93 bits per heavy atom. The van der Waals surface area contributed by atoms with E-state index in [1.165, 1.54) is 0 Å². The summed E-state index contributed by atoms with van der Waals surface area (Å²) in [6, 6.07) is 11.8. The van der Waals surface area contributed by atoms with E-state index in [9.17, 15) is 4.79 Å². The smallest absolute Gasteiger partial charge is 0.244 e. The second kappa shape index (κ2) is 9.53. The molecule has 5 heteroatoms. The molecule has 0 unspecified atom stereocenters. The van der Waals surface area contributed by atoms with Gasteiger partial charge in [0.2, 0.25) is 5.91 Å². The number of furan rings is 1. The molecular formula is C25H29NO4. The van der Waals surface area contributed by atoms with E-state index in [2.05, 4.69) is 5.32 Å². The number of aryl methyl sites for hydroxylation is 2. The first-order valence-corrected chi connectivity index (χ1v) is 10.2. The second-order valence-corrected chi connectivity index (χ2v) is 7.24. The third kappa shape index (κ3) is 4.67. The molecule has 1 amide bonds. The Labute approximate surface area is 177 Å². The first-order chi connectivity index (χ1) is 14.4. The van der Waals surface area contributed by atoms with Crippen LogP contribution in [0, 0.1) is 13.8 Å². The molecule has 0 aliphatic heterocycles. The molecule has 3 aromatic rings. The lowest BCUT2D eigenvalue weighted by atomic mass is 10.0. The van der Waals surface area contributed by atoms with E-state index in [1.54, 1.807) is 13.2 Å². The molecule has 0 spiro atoms. The Bertz CT molecular complexity index is 1080. The fourth-order valence-corrected chi connectivity index (χ4v) is 3.51. The van der Waals surface area contributed by atoms with Gasteiger partial charge in [0.1, 0.15) is 22.8 Å². The Morgan fingerprint density at radius 3 is 2.67 bits per heavy atom. The lowest BCUT2D eigenvalue weighted by Crippen LogP contribution is -2.24. The summed E-state index contributed by atoms with van der Waals surface area (Å²) in [6.45, 7) is 8.92. The van der Waals surface area contributed by atoms with Gasteiger partial charge in [-0.3, -0.25) is 4.79 Å². The van der Waals surface area contributed by atoms with E-state index in [0.717, 1.165) is 44.7 Å². The Balaban J connectivity index is 1.76. The number of carbonyl (C=O) groups excluding carboxylic acids is 1. The molecule has 158 valence electrons. The molecule has 30 heavy (non-hydrogen) atoms. The lowest BCUT2D eigenvalue weighted by molar-refractivity contribution is -0.116. The van der Waals surface area contributed by atoms with Gasteiger partial charge in [0, 0.05) is 29.6 Å². The van der Waals surface area contributed by atoms with Crippen LogP contribution in [0.5, 0.6) is 11.5 Å². The van der Waals surface area contributed by atoms with Crippen LogP contribution in [0.2, 0.25) is 0 Å². The fourth-order valence-electron chi connectivity index (χ4n) is 3.51. The van der Waals surface area contributed by atoms with Crippen LogP contribution < -0.4 is 14.8 Å². The minimum Gasteiger partial charge on any atom is -0.496 e. The fraction of sp³-hybridized carbons (Fsp3) is 0.320. The largest absolute Gasteiger partial charge is 0.496 e. The molecule has 0 aliphatic rings. The summed E-state index contributed by atoms with van der Waals surface area (Å²) in [5.41, 5.74) is 4.70. The van der Waals surface area contributed by atoms with Gasteiger partial charge in [0.05, 0.1) is 13.7 Å². The number of allylic oxidation sites excluding steroid dienone is 1. The molecule has 0 saturated heterocycles. The molecule has 0 fully saturated rings. The van der Waals surface area contributed by atoms with Crippen molar-refractivity contribution in [3.63, 3.8) is 0 Å². The van der Waals surface area contributed by atoms with Gasteiger partial charge in [-0.1, -0.05) is 18.2 Å². The Hall–Kier alpha value is -3.21. The van der Waals surface area contributed by atoms with E-state index in [1.807, 2.05) is 64.1 Å². The number of ether oxygens (including phenoxy) is 2. The van der Waals surface area contributed by atoms with Gasteiger partial charge in [0.25, 0.3) is 0 Å². The number of rotatable bonds is 8. The highest BCUT2D eigenvalue weighted by Gasteiger charge is 2.14. The van der Waals surface area contributed by atoms with Crippen LogP contribution >= 0.6 is 0 Å². The Morgan fingerprint density at radius 1 is 1.17 bits per heavy atom. The molecule has 1 aromatic heterocycles. The molecular weight excluding hydrogens is 378 g/mol. The van der Waals surface area contributed by atoms with Crippen molar-refractivity contribution in [2.75, 3.05) is 20.3 Å². The molecule has 0 radical (unpaired) electrons. The van der Waals surface area contributed by atoms with E-state index in [0.29, 0.717) is 25.3 Å². The third-order valence-electron chi connectivity index (χ3n) is 5.24. The van der Waals surface area contributed by atoms with Crippen LogP contribution in [0.4, 0.5) is 0 Å². The average Bonchev–Trinajstić information content (AvgIpc) is 3.01. The molecule has 0 atom stereocenters. The van der Waals surface area contributed by atoms with Crippen LogP contribution in [-0.2, 0) is 11.2 Å². The van der Waals surface area contributed by atoms with Gasteiger partial charge < -0.3 is 19.2 Å². The van der Waals surface area contributed by atoms with Crippen molar-refractivity contribution in [2.24, 2.45) is 0 Å². The van der Waals surface area contributed by atoms with Crippen molar-refractivity contribution < 1.29 is 18.7 Å². The Kier molecular flexibility index (Phi) is 6.83. The molecule has 2 aromatic carbocycles. The third-order valence-corrected chi connectivity index (χ3v) is 5.24. The molecule has 3 rings (SSSR count). The number of benzene rings is 2. The number of hydrogen-bond donors (Lipinski definition) is 1. The van der Waals surface area contributed by atoms with Crippen molar-refractivity contribution in [2.45, 2.75) is 34.1 Å². The molecule has 1 heterocycles. The number of carbonyl (C=O) groups is 1. The van der Waals surface area contributed by atoms with Crippen molar-refractivity contribution >= 4 is 22.4 Å². The van der Waals surface area contributed by atoms with Gasteiger partial charge in [-0.25, -0.2) is 0 Å². The summed E-state index contributed by atoms with van der Waals surface area (Å²) in [5.74, 6) is 2.30. The quantitative estimate of drug-likeness (QED) is 0.520. The van der Waals surface area contributed by atoms with E-state index >= 15 is 0 Å². The highest BCUT2D eigenvalue weighted by atomic mass is 16.5. The highest BCUT2D eigenvalue weighted by Crippen LogP contribution is 2.35. The van der Waals surface area contributed by atoms with Crippen molar-refractivity contribution in [3.05, 3.63) is 64.9 Å². The number of para-hydroxylation sites is 1. The van der Waals surface area contributed by atoms with Crippen molar-refractivity contribution in [1.29, 1.82) is 0 Å². The number of methoxy groups -OCH3 is 1. The molecule has 0 aliphatic carbocycles. The summed E-state index contributed by atoms with van der Waals surface area (Å²) in [6.07, 6.45) is 2.32. The van der Waals surface area contributed by atoms with Gasteiger partial charge in [-0.15, -0.1) is 0 Å². The van der Waals surface area contributed by atoms with Crippen molar-refractivity contribution in [1.82, 2.24) is 5.32 Å². The zero-order chi connectivity index (χ0) is 21.7. The molecule has 0 bridgehead atoms. The summed E-state index contributed by atoms with van der Waals surface area (Å²) < 4.78 is 17.0. The number of fused-ring (bicyclic) bond motifs is 1. The standard InChI is InChI=1S/C25H29NO4/c1-6-29-23-15-24-21(17(3)18(4)30-24)14-20(23)16(2)13-25(27)26-12-11-19-9-7-8-10-22(19)28-5/h7-10,13-15H,6,11-12H2,1-5H3,(H,26,27)/b16-13+. The van der Waals surface area contributed by atoms with Crippen LogP contribution in [0.1, 0.15) is 36.3 Å². The first kappa shape index (κ1) is 21.5. The van der Waals surface area contributed by atoms with Gasteiger partial charge in [-0.2, -0.15) is 0 Å². The maximum atomic E-state index is 12.5. The summed E-state index contributed by atoms with van der Waals surface area (Å²) >= 11 is 0. The molecule has 5 nitrogen and oxygen atoms in total. The summed E-state index contributed by atoms with van der Waals surface area (Å²) in [4.78, 5) is 12.5. The minimum absolute atomic E-state index is 0.134. The molecule has 1 N–H and O–H groups in total. The zero-order valence-corrected chi connectivity index (χ0v) is 18.3. The maximum Gasteiger partial charge on any atom is 0.244 e. The zero-order valence-electron chi connectivity index (χ0n) is 18.3. The van der Waals surface area contributed by atoms with E-state index < -0.39 is 0 Å². The monoisotopic (exact) mass is 407 g/mol. The number of hydrogen-bond acceptors (Lipinski definition) is 4. The van der Waals surface area contributed by atoms with E-state index in [4.69, 9.17) is 13.9 Å². The average molecular weight is 408 g/mol. The SMILES string of the molecule is CCOc1cc2oc(C)c(C)c2cc1/C(C)=C/C(=O)NCCc1ccccc1OC. The lowest BCUT2D eigenvalue weighted by Gasteiger charge is -2.12. The number of amides is 1. The van der Waals surface area contributed by atoms with Crippen LogP contribution in [-0.4, -0.2) is 26.2 Å². The van der Waals surface area contributed by atoms with Crippen LogP contribution in [0.25, 0.3) is 16.5 Å². The van der Waals surface area contributed by atoms with E-state index in [-0.39, 0.29) is 5.91 Å². The van der Waals surface area contributed by atoms with Crippen LogP contribution in [0.3, 0.4) is 0 Å². The van der Waals surface area contributed by atoms with Gasteiger partial charge in [-0.05, 0) is 62.9 Å². The first-order valence-electron chi connectivity index (χ1n) is 10.2.